The fraction of sp³-hybridized carbons (Fsp3) is 0.236. The maximum Gasteiger partial charge on any atom is 0.496 e. The number of ether oxygens (including phenoxy) is 2. The zero-order valence-electron chi connectivity index (χ0n) is 42.5. The van der Waals surface area contributed by atoms with E-state index < -0.39 is 0 Å². The number of hydrogen-bond acceptors (Lipinski definition) is 18. The lowest BCUT2D eigenvalue weighted by atomic mass is 9.80. The van der Waals surface area contributed by atoms with Crippen LogP contribution in [0.1, 0.15) is 68.3 Å². The van der Waals surface area contributed by atoms with Gasteiger partial charge in [-0.1, -0.05) is 19.6 Å². The maximum absolute atomic E-state index is 12.7. The lowest BCUT2D eigenvalue weighted by molar-refractivity contribution is 0.00578. The normalized spacial score (nSPS) is 17.0. The van der Waals surface area contributed by atoms with E-state index in [2.05, 4.69) is 72.1 Å². The summed E-state index contributed by atoms with van der Waals surface area (Å²) in [6.07, 6.45) is 10.0. The van der Waals surface area contributed by atoms with Crippen molar-refractivity contribution in [3.63, 3.8) is 0 Å². The molecule has 0 aliphatic carbocycles. The first-order valence-corrected chi connectivity index (χ1v) is 27.7. The molecule has 2 atom stereocenters. The molecule has 4 N–H and O–H groups in total. The SMILES string of the molecule is C.CC1(C)OB(c2cccnc2)OC1(C)C.C[C@@H]1CNc2c(sc3ccc4nc(Oc5nc(Cl)ncc5-c5cccnc5)ccc4c23)C(=O)N1.C[C@@H]1CNc2c(sc3ccc4nc(Oc5nc(Cl)ncc5Br)ccc4c23)C(=O)N1. The molecule has 8 aromatic heterocycles. The Morgan fingerprint density at radius 1 is 0.646 bits per heavy atom. The van der Waals surface area contributed by atoms with Crippen LogP contribution in [0.3, 0.4) is 0 Å². The molecule has 13 rings (SSSR count). The standard InChI is InChI=1S/C24H17ClN6O2S.C19H13BrClN5O2S.C11H16BNO2.CH4/c1-12-9-27-20-19-14-4-7-18(30-16(14)5-6-17(19)34-21(20)22(32)29-12)33-23-15(11-28-24(25)31-23)13-3-2-8-26-10-13;1-8-6-22-15-14-9-2-5-13(28-18-10(20)7-23-19(21)26-18)25-11(9)3-4-12(14)29-16(15)17(27)24-8;1-10(2)11(3,4)15-12(14-10)9-6-5-7-13-8-9;/h2-8,10-12,27H,9H2,1H3,(H,29,32);2-5,7-8,22H,6H2,1H3,(H,24,27);5-8H,1-4H3;1H4/t12-;8-;;/m11../s1. The molecule has 1 fully saturated rings. The Bertz CT molecular complexity index is 3940. The number of nitrogens with zero attached hydrogens (tertiary/aromatic N) is 8. The molecule has 79 heavy (non-hydrogen) atoms. The quantitative estimate of drug-likeness (QED) is 0.0898. The summed E-state index contributed by atoms with van der Waals surface area (Å²) in [7, 11) is -0.302. The number of carbonyl (C=O) groups excluding carboxylic acids is 2. The third-order valence-electron chi connectivity index (χ3n) is 13.3. The van der Waals surface area contributed by atoms with Crippen LogP contribution in [0.4, 0.5) is 11.4 Å². The van der Waals surface area contributed by atoms with Crippen molar-refractivity contribution < 1.29 is 28.4 Å². The number of carbonyl (C=O) groups is 2. The first-order valence-electron chi connectivity index (χ1n) is 24.5. The lowest BCUT2D eigenvalue weighted by Crippen LogP contribution is -2.41. The molecule has 0 spiro atoms. The Morgan fingerprint density at radius 3 is 1.67 bits per heavy atom. The number of thiophene rings is 2. The van der Waals surface area contributed by atoms with Gasteiger partial charge in [0, 0.05) is 116 Å². The topological polar surface area (TPSA) is 222 Å². The molecular weight excluding hydrogens is 1150 g/mol. The van der Waals surface area contributed by atoms with E-state index >= 15 is 0 Å². The van der Waals surface area contributed by atoms with E-state index in [9.17, 15) is 9.59 Å². The van der Waals surface area contributed by atoms with Gasteiger partial charge in [0.25, 0.3) is 11.8 Å². The number of halogens is 3. The average molecular weight is 1200 g/mol. The fourth-order valence-corrected chi connectivity index (χ4v) is 11.5. The fourth-order valence-electron chi connectivity index (χ4n) is 8.77. The first-order chi connectivity index (χ1) is 37.5. The summed E-state index contributed by atoms with van der Waals surface area (Å²) in [5.41, 5.74) is 5.07. The summed E-state index contributed by atoms with van der Waals surface area (Å²) in [4.78, 5) is 60.4. The number of benzene rings is 2. The second kappa shape index (κ2) is 22.5. The molecule has 2 aromatic carbocycles. The van der Waals surface area contributed by atoms with Gasteiger partial charge < -0.3 is 40.0 Å². The highest BCUT2D eigenvalue weighted by atomic mass is 79.9. The van der Waals surface area contributed by atoms with Gasteiger partial charge in [0.1, 0.15) is 9.75 Å². The Balaban J connectivity index is 0.000000142. The van der Waals surface area contributed by atoms with Crippen LogP contribution in [0, 0.1) is 0 Å². The van der Waals surface area contributed by atoms with Crippen molar-refractivity contribution in [1.82, 2.24) is 50.5 Å². The number of anilines is 2. The number of nitrogens with one attached hydrogen (secondary N) is 4. The molecule has 402 valence electrons. The number of amides is 2. The third-order valence-corrected chi connectivity index (χ3v) is 16.5. The van der Waals surface area contributed by atoms with E-state index in [0.29, 0.717) is 44.6 Å². The Kier molecular flexibility index (Phi) is 15.7. The predicted octanol–water partition coefficient (Wildman–Crippen LogP) is 12.3. The molecule has 18 nitrogen and oxygen atoms in total. The molecule has 2 amide bonds. The molecule has 10 aromatic rings. The molecule has 0 radical (unpaired) electrons. The van der Waals surface area contributed by atoms with E-state index in [1.165, 1.54) is 28.9 Å². The van der Waals surface area contributed by atoms with Crippen LogP contribution in [0.15, 0.2) is 114 Å². The van der Waals surface area contributed by atoms with Gasteiger partial charge in [-0.25, -0.2) is 19.9 Å². The van der Waals surface area contributed by atoms with Crippen LogP contribution in [0.25, 0.3) is 53.1 Å². The second-order valence-corrected chi connectivity index (χ2v) is 23.0. The van der Waals surface area contributed by atoms with Gasteiger partial charge in [-0.15, -0.1) is 22.7 Å². The van der Waals surface area contributed by atoms with E-state index in [4.69, 9.17) is 47.0 Å². The summed E-state index contributed by atoms with van der Waals surface area (Å²) in [5.74, 6) is 1.22. The maximum atomic E-state index is 12.7. The number of hydrogen-bond donors (Lipinski definition) is 4. The zero-order valence-corrected chi connectivity index (χ0v) is 47.2. The molecule has 0 bridgehead atoms. The van der Waals surface area contributed by atoms with Gasteiger partial charge >= 0.3 is 7.12 Å². The molecule has 0 saturated carbocycles. The summed E-state index contributed by atoms with van der Waals surface area (Å²) in [5, 5.41) is 16.9. The number of rotatable bonds is 6. The molecule has 24 heteroatoms. The van der Waals surface area contributed by atoms with Crippen molar-refractivity contribution in [2.75, 3.05) is 23.7 Å². The summed E-state index contributed by atoms with van der Waals surface area (Å²) >= 11 is 18.2. The highest BCUT2D eigenvalue weighted by Gasteiger charge is 2.51. The van der Waals surface area contributed by atoms with Crippen molar-refractivity contribution in [3.8, 4) is 34.6 Å². The van der Waals surface area contributed by atoms with E-state index in [0.717, 1.165) is 64.4 Å². The predicted molar refractivity (Wildman–Crippen MR) is 317 cm³/mol. The van der Waals surface area contributed by atoms with Crippen molar-refractivity contribution in [3.05, 3.63) is 135 Å². The highest BCUT2D eigenvalue weighted by Crippen LogP contribution is 2.44. The van der Waals surface area contributed by atoms with Gasteiger partial charge in [-0.3, -0.25) is 19.6 Å². The van der Waals surface area contributed by atoms with Crippen LogP contribution in [0.5, 0.6) is 23.5 Å². The van der Waals surface area contributed by atoms with Crippen molar-refractivity contribution in [2.24, 2.45) is 0 Å². The summed E-state index contributed by atoms with van der Waals surface area (Å²) in [6.45, 7) is 13.5. The summed E-state index contributed by atoms with van der Waals surface area (Å²) < 4.78 is 26.2. The molecular formula is C55H50BBrCl2N12O6S2. The van der Waals surface area contributed by atoms with Crippen molar-refractivity contribution in [2.45, 2.75) is 72.3 Å². The van der Waals surface area contributed by atoms with E-state index in [1.54, 1.807) is 43.1 Å². The molecule has 1 saturated heterocycles. The minimum atomic E-state index is -0.302. The molecule has 3 aliphatic rings. The zero-order chi connectivity index (χ0) is 54.5. The van der Waals surface area contributed by atoms with Gasteiger partial charge in [-0.2, -0.15) is 9.97 Å². The Hall–Kier alpha value is -7.18. The van der Waals surface area contributed by atoms with E-state index in [1.807, 2.05) is 102 Å². The summed E-state index contributed by atoms with van der Waals surface area (Å²) in [6, 6.07) is 22.9. The number of pyridine rings is 4. The van der Waals surface area contributed by atoms with Gasteiger partial charge in [-0.05, 0) is 129 Å². The van der Waals surface area contributed by atoms with Gasteiger partial charge in [0.05, 0.1) is 43.6 Å². The van der Waals surface area contributed by atoms with Gasteiger partial charge in [0.2, 0.25) is 34.1 Å². The van der Waals surface area contributed by atoms with E-state index in [-0.39, 0.29) is 72.0 Å². The third kappa shape index (κ3) is 11.4. The number of fused-ring (bicyclic) bond motifs is 10. The average Bonchev–Trinajstić information content (AvgIpc) is 4.24. The van der Waals surface area contributed by atoms with Crippen molar-refractivity contribution in [1.29, 1.82) is 0 Å². The molecule has 11 heterocycles. The molecule has 3 aliphatic heterocycles. The highest BCUT2D eigenvalue weighted by molar-refractivity contribution is 9.10. The second-order valence-electron chi connectivity index (χ2n) is 19.4. The van der Waals surface area contributed by atoms with Gasteiger partial charge in [0.15, 0.2) is 0 Å². The minimum absolute atomic E-state index is 0. The number of aromatic nitrogens is 8. The van der Waals surface area contributed by atoms with Crippen LogP contribution >= 0.6 is 61.8 Å². The first kappa shape index (κ1) is 55.2. The monoisotopic (exact) mass is 1200 g/mol. The largest absolute Gasteiger partial charge is 0.496 e. The van der Waals surface area contributed by atoms with Crippen LogP contribution in [-0.2, 0) is 9.31 Å². The Labute approximate surface area is 480 Å². The van der Waals surface area contributed by atoms with Crippen LogP contribution in [0.2, 0.25) is 10.6 Å². The van der Waals surface area contributed by atoms with Crippen molar-refractivity contribution >= 4 is 140 Å². The smallest absolute Gasteiger partial charge is 0.420 e. The molecule has 0 unspecified atom stereocenters. The minimum Gasteiger partial charge on any atom is -0.420 e. The lowest BCUT2D eigenvalue weighted by Gasteiger charge is -2.32. The van der Waals surface area contributed by atoms with Crippen LogP contribution in [-0.4, -0.2) is 95.2 Å². The Morgan fingerprint density at radius 2 is 1.15 bits per heavy atom. The van der Waals surface area contributed by atoms with Crippen LogP contribution < -0.4 is 36.2 Å².